The van der Waals surface area contributed by atoms with E-state index < -0.39 is 5.41 Å². The average molecular weight is 1150 g/mol. The van der Waals surface area contributed by atoms with Gasteiger partial charge in [-0.15, -0.1) is 0 Å². The lowest BCUT2D eigenvalue weighted by Crippen LogP contribution is -2.27. The van der Waals surface area contributed by atoms with Crippen LogP contribution in [0.2, 0.25) is 0 Å². The van der Waals surface area contributed by atoms with Crippen molar-refractivity contribution in [2.75, 3.05) is 19.6 Å². The second kappa shape index (κ2) is 22.2. The van der Waals surface area contributed by atoms with Gasteiger partial charge in [0.2, 0.25) is 0 Å². The molecule has 2 aliphatic rings. The molecule has 436 valence electrons. The highest BCUT2D eigenvalue weighted by Crippen LogP contribution is 2.66. The monoisotopic (exact) mass is 1150 g/mol. The fraction of sp³-hybridized carbons (Fsp3) is 0.153. The van der Waals surface area contributed by atoms with Crippen molar-refractivity contribution in [2.45, 2.75) is 88.5 Å². The van der Waals surface area contributed by atoms with E-state index in [1.807, 2.05) is 0 Å². The smallest absolute Gasteiger partial charge is 0.0728 e. The zero-order chi connectivity index (χ0) is 61.6. The number of fused-ring (bicyclic) bond motifs is 10. The Morgan fingerprint density at radius 2 is 0.360 bits per heavy atom. The van der Waals surface area contributed by atoms with E-state index in [0.29, 0.717) is 0 Å². The summed E-state index contributed by atoms with van der Waals surface area (Å²) in [5.74, 6) is 0. The zero-order valence-corrected chi connectivity index (χ0v) is 53.4. The molecule has 12 aromatic rings. The van der Waals surface area contributed by atoms with Crippen molar-refractivity contribution in [1.82, 2.24) is 0 Å². The molecule has 0 radical (unpaired) electrons. The highest BCUT2D eigenvalue weighted by atomic mass is 15.2. The molecule has 0 fully saturated rings. The first-order valence-corrected chi connectivity index (χ1v) is 31.4. The average Bonchev–Trinajstić information content (AvgIpc) is 1.51. The Kier molecular flexibility index (Phi) is 14.1. The van der Waals surface area contributed by atoms with Gasteiger partial charge < -0.3 is 19.6 Å². The molecule has 0 saturated carbocycles. The molecule has 0 bridgehead atoms. The molecule has 14 rings (SSSR count). The summed E-state index contributed by atoms with van der Waals surface area (Å²) in [6.45, 7) is 26.5. The Hall–Kier alpha value is -10.2. The van der Waals surface area contributed by atoms with Gasteiger partial charge in [-0.1, -0.05) is 166 Å². The first-order chi connectivity index (χ1) is 43.0. The van der Waals surface area contributed by atoms with Crippen LogP contribution in [0.3, 0.4) is 0 Å². The number of benzene rings is 12. The normalized spacial score (nSPS) is 12.4. The van der Waals surface area contributed by atoms with Crippen molar-refractivity contribution < 1.29 is 0 Å². The van der Waals surface area contributed by atoms with Gasteiger partial charge in [0.05, 0.1) is 5.41 Å². The summed E-state index contributed by atoms with van der Waals surface area (Å²) in [5.41, 5.74) is 37.1. The Balaban J connectivity index is 1.12. The van der Waals surface area contributed by atoms with Crippen LogP contribution in [-0.4, -0.2) is 0 Å². The van der Waals surface area contributed by atoms with Crippen LogP contribution in [-0.2, 0) is 5.41 Å². The summed E-state index contributed by atoms with van der Waals surface area (Å²) < 4.78 is 0. The van der Waals surface area contributed by atoms with Gasteiger partial charge in [-0.05, 0) is 271 Å². The van der Waals surface area contributed by atoms with Gasteiger partial charge in [0.15, 0.2) is 0 Å². The number of hydrogen-bond donors (Lipinski definition) is 0. The molecular formula is C85H76N4. The SMILES string of the molecule is Cc1ccc(N(c2ccc3c(c2)C2(c4cc(N(c5ccc(C)cc5)c5ccc(C)cc5C)ccc4-3)c3cc(N(c4ccc(C)cc4)c4ccc(C)cc4C)ccc3-c3ccc(N(c4ccc(C)cc4)c4ccc(C)cc4C)cc32)c2ccc(C)cc2C)cc1. The number of hydrogen-bond acceptors (Lipinski definition) is 4. The van der Waals surface area contributed by atoms with Crippen molar-refractivity contribution >= 4 is 68.2 Å². The lowest BCUT2D eigenvalue weighted by Gasteiger charge is -2.35. The minimum Gasteiger partial charge on any atom is -0.310 e. The van der Waals surface area contributed by atoms with Crippen LogP contribution >= 0.6 is 0 Å². The topological polar surface area (TPSA) is 13.0 Å². The number of aryl methyl sites for hydroxylation is 12. The van der Waals surface area contributed by atoms with E-state index in [2.05, 4.69) is 345 Å². The maximum absolute atomic E-state index is 2.55. The summed E-state index contributed by atoms with van der Waals surface area (Å²) in [7, 11) is 0. The van der Waals surface area contributed by atoms with Gasteiger partial charge in [-0.2, -0.15) is 0 Å². The van der Waals surface area contributed by atoms with Crippen molar-refractivity contribution in [2.24, 2.45) is 0 Å². The van der Waals surface area contributed by atoms with E-state index in [0.717, 1.165) is 68.2 Å². The third kappa shape index (κ3) is 9.79. The second-order valence-corrected chi connectivity index (χ2v) is 25.5. The van der Waals surface area contributed by atoms with Crippen LogP contribution in [0.15, 0.2) is 243 Å². The van der Waals surface area contributed by atoms with Crippen molar-refractivity contribution in [1.29, 1.82) is 0 Å². The van der Waals surface area contributed by atoms with Gasteiger partial charge in [-0.25, -0.2) is 0 Å². The molecule has 0 atom stereocenters. The fourth-order valence-electron chi connectivity index (χ4n) is 14.4. The molecule has 0 aromatic heterocycles. The molecular weight excluding hydrogens is 1080 g/mol. The molecule has 0 saturated heterocycles. The van der Waals surface area contributed by atoms with Gasteiger partial charge in [0.25, 0.3) is 0 Å². The molecule has 0 heterocycles. The predicted molar refractivity (Wildman–Crippen MR) is 378 cm³/mol. The number of anilines is 12. The van der Waals surface area contributed by atoms with Gasteiger partial charge in [-0.3, -0.25) is 0 Å². The fourth-order valence-corrected chi connectivity index (χ4v) is 14.4. The summed E-state index contributed by atoms with van der Waals surface area (Å²) in [5, 5.41) is 0. The Morgan fingerprint density at radius 1 is 0.180 bits per heavy atom. The van der Waals surface area contributed by atoms with E-state index in [9.17, 15) is 0 Å². The summed E-state index contributed by atoms with van der Waals surface area (Å²) in [6.07, 6.45) is 0. The maximum atomic E-state index is 2.55. The van der Waals surface area contributed by atoms with Crippen molar-refractivity contribution in [3.05, 3.63) is 332 Å². The van der Waals surface area contributed by atoms with E-state index in [1.54, 1.807) is 0 Å². The van der Waals surface area contributed by atoms with Crippen LogP contribution < -0.4 is 19.6 Å². The Bertz CT molecular complexity index is 4130. The number of rotatable bonds is 12. The molecule has 4 heteroatoms. The van der Waals surface area contributed by atoms with Crippen molar-refractivity contribution in [3.8, 4) is 22.3 Å². The van der Waals surface area contributed by atoms with Crippen LogP contribution in [0.25, 0.3) is 22.3 Å². The lowest BCUT2D eigenvalue weighted by molar-refractivity contribution is 0.793. The molecule has 0 amide bonds. The van der Waals surface area contributed by atoms with E-state index in [4.69, 9.17) is 0 Å². The van der Waals surface area contributed by atoms with Gasteiger partial charge in [0, 0.05) is 68.2 Å². The standard InChI is InChI=1S/C85H76N4/c1-53-13-25-65(26-14-53)86(81-41-21-57(5)45-61(81)9)69-33-37-73-74-38-34-70(87(66-27-15-54(2)16-28-66)82-42-22-58(6)46-62(82)10)50-78(74)85(77(73)49-69)79-51-71(88(67-29-17-55(3)18-30-67)83-43-23-59(7)47-63(83)11)35-39-75(79)76-40-36-72(52-80(76)85)89(68-31-19-56(4)20-32-68)84-44-24-60(8)48-64(84)12/h13-52H,1-12H3. The summed E-state index contributed by atoms with van der Waals surface area (Å²) >= 11 is 0. The lowest BCUT2D eigenvalue weighted by atomic mass is 9.70. The Morgan fingerprint density at radius 3 is 0.551 bits per heavy atom. The first kappa shape index (κ1) is 56.6. The van der Waals surface area contributed by atoms with Gasteiger partial charge in [0.1, 0.15) is 0 Å². The third-order valence-corrected chi connectivity index (χ3v) is 18.8. The molecule has 1 spiro atoms. The molecule has 2 aliphatic carbocycles. The highest BCUT2D eigenvalue weighted by molar-refractivity contribution is 6.00. The number of nitrogens with zero attached hydrogens (tertiary/aromatic N) is 4. The minimum absolute atomic E-state index is 0.863. The predicted octanol–water partition coefficient (Wildman–Crippen LogP) is 23.6. The van der Waals surface area contributed by atoms with Gasteiger partial charge >= 0.3 is 0 Å². The summed E-state index contributed by atoms with van der Waals surface area (Å²) in [4.78, 5) is 9.94. The molecule has 4 nitrogen and oxygen atoms in total. The largest absolute Gasteiger partial charge is 0.310 e. The van der Waals surface area contributed by atoms with Crippen LogP contribution in [0.1, 0.15) is 89.0 Å². The van der Waals surface area contributed by atoms with Crippen LogP contribution in [0.5, 0.6) is 0 Å². The molecule has 12 aromatic carbocycles. The molecule has 0 unspecified atom stereocenters. The quantitative estimate of drug-likeness (QED) is 0.121. The molecule has 0 aliphatic heterocycles. The summed E-state index contributed by atoms with van der Waals surface area (Å²) in [6, 6.07) is 93.1. The highest BCUT2D eigenvalue weighted by Gasteiger charge is 2.53. The maximum Gasteiger partial charge on any atom is 0.0728 e. The third-order valence-electron chi connectivity index (χ3n) is 18.8. The van der Waals surface area contributed by atoms with E-state index >= 15 is 0 Å². The Labute approximate surface area is 527 Å². The van der Waals surface area contributed by atoms with E-state index in [1.165, 1.54) is 111 Å². The van der Waals surface area contributed by atoms with Crippen LogP contribution in [0.4, 0.5) is 68.2 Å². The second-order valence-electron chi connectivity index (χ2n) is 25.5. The zero-order valence-electron chi connectivity index (χ0n) is 53.4. The van der Waals surface area contributed by atoms with Crippen LogP contribution in [0, 0.1) is 83.1 Å². The first-order valence-electron chi connectivity index (χ1n) is 31.4. The van der Waals surface area contributed by atoms with Crippen molar-refractivity contribution in [3.63, 3.8) is 0 Å². The molecule has 89 heavy (non-hydrogen) atoms. The van der Waals surface area contributed by atoms with E-state index in [-0.39, 0.29) is 0 Å². The minimum atomic E-state index is -0.863. The molecule has 0 N–H and O–H groups in total.